The highest BCUT2D eigenvalue weighted by Crippen LogP contribution is 2.32. The maximum Gasteiger partial charge on any atom is 0.253 e. The van der Waals surface area contributed by atoms with Gasteiger partial charge in [0.1, 0.15) is 11.6 Å². The number of anilines is 2. The first kappa shape index (κ1) is 23.9. The molecule has 1 amide bonds. The standard InChI is InChI=1S/C28H25F2N7O/c1-28(31)10-12-37(15-28)26(38)16-5-7-18(8-6-16)35-27-34-14-17-13-33-24(22-20(29)3-2-4-21(22)30)19-9-11-32-25(19)23(17)36-27/h2-9,11,14,32H,10,12-13,15,31H2,1H3,(H,34,35,36). The molecule has 0 saturated carbocycles. The minimum absolute atomic E-state index is 0.0478. The van der Waals surface area contributed by atoms with E-state index >= 15 is 0 Å². The fourth-order valence-corrected chi connectivity index (χ4v) is 4.91. The molecule has 1 saturated heterocycles. The number of nitrogens with two attached hydrogens (primary N) is 1. The van der Waals surface area contributed by atoms with E-state index < -0.39 is 11.6 Å². The van der Waals surface area contributed by atoms with Crippen LogP contribution in [0.5, 0.6) is 0 Å². The number of amides is 1. The SMILES string of the molecule is CC1(N)CCN(C(=O)c2ccc(Nc3ncc4c(n3)-c3[nH]ccc3C(c3c(F)cccc3F)=NC4)cc2)C1. The van der Waals surface area contributed by atoms with Gasteiger partial charge in [0.05, 0.1) is 29.2 Å². The molecule has 4 aromatic rings. The number of aliphatic imine (C=N–C) groups is 1. The number of aromatic nitrogens is 3. The molecule has 2 aliphatic heterocycles. The van der Waals surface area contributed by atoms with Crippen molar-refractivity contribution in [3.8, 4) is 11.4 Å². The summed E-state index contributed by atoms with van der Waals surface area (Å²) in [6, 6.07) is 12.6. The van der Waals surface area contributed by atoms with Gasteiger partial charge in [-0.25, -0.2) is 18.7 Å². The zero-order valence-electron chi connectivity index (χ0n) is 20.6. The Hall–Kier alpha value is -4.44. The lowest BCUT2D eigenvalue weighted by molar-refractivity contribution is 0.0785. The molecule has 0 radical (unpaired) electrons. The van der Waals surface area contributed by atoms with Crippen molar-refractivity contribution in [1.29, 1.82) is 0 Å². The molecular weight excluding hydrogens is 488 g/mol. The van der Waals surface area contributed by atoms with E-state index in [1.807, 2.05) is 6.92 Å². The largest absolute Gasteiger partial charge is 0.359 e. The van der Waals surface area contributed by atoms with Crippen molar-refractivity contribution in [2.24, 2.45) is 10.7 Å². The van der Waals surface area contributed by atoms with Crippen LogP contribution in [0.3, 0.4) is 0 Å². The predicted octanol–water partition coefficient (Wildman–Crippen LogP) is 4.41. The number of nitrogens with zero attached hydrogens (tertiary/aromatic N) is 4. The smallest absolute Gasteiger partial charge is 0.253 e. The van der Waals surface area contributed by atoms with Crippen LogP contribution in [0.4, 0.5) is 20.4 Å². The van der Waals surface area contributed by atoms with E-state index in [9.17, 15) is 13.6 Å². The van der Waals surface area contributed by atoms with Gasteiger partial charge in [-0.05, 0) is 55.8 Å². The second-order valence-electron chi connectivity index (χ2n) is 9.93. The van der Waals surface area contributed by atoms with Crippen molar-refractivity contribution in [3.05, 3.63) is 94.8 Å². The average molecular weight is 514 g/mol. The number of carbonyl (C=O) groups is 1. The second-order valence-corrected chi connectivity index (χ2v) is 9.93. The van der Waals surface area contributed by atoms with Crippen LogP contribution in [0.25, 0.3) is 11.4 Å². The number of hydrogen-bond acceptors (Lipinski definition) is 6. The molecular formula is C28H25F2N7O. The molecule has 0 aliphatic carbocycles. The maximum atomic E-state index is 14.6. The fourth-order valence-electron chi connectivity index (χ4n) is 4.91. The van der Waals surface area contributed by atoms with Gasteiger partial charge in [0.2, 0.25) is 5.95 Å². The lowest BCUT2D eigenvalue weighted by Gasteiger charge is -2.20. The van der Waals surface area contributed by atoms with Gasteiger partial charge >= 0.3 is 0 Å². The number of halogens is 2. The van der Waals surface area contributed by atoms with Crippen molar-refractivity contribution in [2.75, 3.05) is 18.4 Å². The number of fused-ring (bicyclic) bond motifs is 3. The molecule has 6 rings (SSSR count). The Labute approximate surface area is 217 Å². The number of benzene rings is 2. The van der Waals surface area contributed by atoms with Crippen LogP contribution >= 0.6 is 0 Å². The molecule has 2 aliphatic rings. The zero-order chi connectivity index (χ0) is 26.4. The Morgan fingerprint density at radius 2 is 1.89 bits per heavy atom. The Morgan fingerprint density at radius 1 is 1.13 bits per heavy atom. The van der Waals surface area contributed by atoms with Crippen LogP contribution in [-0.4, -0.2) is 50.1 Å². The number of hydrogen-bond donors (Lipinski definition) is 3. The topological polar surface area (TPSA) is 112 Å². The van der Waals surface area contributed by atoms with E-state index in [0.717, 1.165) is 6.42 Å². The third-order valence-electron chi connectivity index (χ3n) is 6.89. The Balaban J connectivity index is 1.25. The van der Waals surface area contributed by atoms with E-state index in [2.05, 4.69) is 25.3 Å². The molecule has 4 N–H and O–H groups in total. The number of nitrogens with one attached hydrogen (secondary N) is 2. The molecule has 8 nitrogen and oxygen atoms in total. The molecule has 2 aromatic carbocycles. The summed E-state index contributed by atoms with van der Waals surface area (Å²) in [5.74, 6) is -1.08. The molecule has 0 spiro atoms. The second kappa shape index (κ2) is 9.14. The number of carbonyl (C=O) groups excluding carboxylic acids is 1. The Bertz CT molecular complexity index is 1560. The lowest BCUT2D eigenvalue weighted by Crippen LogP contribution is -2.40. The third-order valence-corrected chi connectivity index (χ3v) is 6.89. The van der Waals surface area contributed by atoms with Crippen LogP contribution < -0.4 is 11.1 Å². The quantitative estimate of drug-likeness (QED) is 0.374. The molecule has 192 valence electrons. The fraction of sp³-hybridized carbons (Fsp3) is 0.214. The van der Waals surface area contributed by atoms with Gasteiger partial charge in [-0.15, -0.1) is 0 Å². The Morgan fingerprint density at radius 3 is 2.61 bits per heavy atom. The van der Waals surface area contributed by atoms with Gasteiger partial charge in [0.15, 0.2) is 0 Å². The Kier molecular flexibility index (Phi) is 5.76. The molecule has 1 atom stereocenters. The van der Waals surface area contributed by atoms with Crippen molar-refractivity contribution < 1.29 is 13.6 Å². The maximum absolute atomic E-state index is 14.6. The highest BCUT2D eigenvalue weighted by atomic mass is 19.1. The summed E-state index contributed by atoms with van der Waals surface area (Å²) in [4.78, 5) is 31.4. The van der Waals surface area contributed by atoms with Crippen LogP contribution in [0.15, 0.2) is 65.9 Å². The van der Waals surface area contributed by atoms with Crippen LogP contribution in [0.2, 0.25) is 0 Å². The van der Waals surface area contributed by atoms with Crippen LogP contribution in [0, 0.1) is 11.6 Å². The number of H-pyrrole nitrogens is 1. The number of rotatable bonds is 4. The molecule has 10 heteroatoms. The van der Waals surface area contributed by atoms with E-state index in [-0.39, 0.29) is 29.3 Å². The number of aromatic amines is 1. The zero-order valence-corrected chi connectivity index (χ0v) is 20.6. The highest BCUT2D eigenvalue weighted by Gasteiger charge is 2.33. The molecule has 0 bridgehead atoms. The van der Waals surface area contributed by atoms with Crippen molar-refractivity contribution in [1.82, 2.24) is 19.9 Å². The summed E-state index contributed by atoms with van der Waals surface area (Å²) in [7, 11) is 0. The van der Waals surface area contributed by atoms with Gasteiger partial charge in [-0.1, -0.05) is 6.07 Å². The molecule has 1 unspecified atom stereocenters. The summed E-state index contributed by atoms with van der Waals surface area (Å²) < 4.78 is 29.2. The summed E-state index contributed by atoms with van der Waals surface area (Å²) >= 11 is 0. The number of likely N-dealkylation sites (tertiary alicyclic amines) is 1. The van der Waals surface area contributed by atoms with Crippen molar-refractivity contribution >= 4 is 23.3 Å². The van der Waals surface area contributed by atoms with Gasteiger partial charge in [0, 0.05) is 53.4 Å². The monoisotopic (exact) mass is 513 g/mol. The summed E-state index contributed by atoms with van der Waals surface area (Å²) in [5.41, 5.74) is 9.60. The van der Waals surface area contributed by atoms with Crippen LogP contribution in [0.1, 0.15) is 40.4 Å². The van der Waals surface area contributed by atoms with E-state index in [4.69, 9.17) is 5.73 Å². The summed E-state index contributed by atoms with van der Waals surface area (Å²) in [6.45, 7) is 3.29. The van der Waals surface area contributed by atoms with Crippen molar-refractivity contribution in [3.63, 3.8) is 0 Å². The van der Waals surface area contributed by atoms with E-state index in [1.54, 1.807) is 47.6 Å². The van der Waals surface area contributed by atoms with Gasteiger partial charge in [-0.2, -0.15) is 0 Å². The van der Waals surface area contributed by atoms with Crippen molar-refractivity contribution in [2.45, 2.75) is 25.4 Å². The highest BCUT2D eigenvalue weighted by molar-refractivity contribution is 6.16. The third kappa shape index (κ3) is 4.32. The summed E-state index contributed by atoms with van der Waals surface area (Å²) in [5, 5.41) is 3.17. The first-order chi connectivity index (χ1) is 18.3. The average Bonchev–Trinajstić information content (AvgIpc) is 3.49. The molecule has 1 fully saturated rings. The van der Waals surface area contributed by atoms with Gasteiger partial charge in [-0.3, -0.25) is 9.79 Å². The molecule has 4 heterocycles. The first-order valence-electron chi connectivity index (χ1n) is 12.3. The van der Waals surface area contributed by atoms with E-state index in [0.29, 0.717) is 52.8 Å². The molecule has 38 heavy (non-hydrogen) atoms. The minimum atomic E-state index is -0.681. The van der Waals surface area contributed by atoms with E-state index in [1.165, 1.54) is 18.2 Å². The van der Waals surface area contributed by atoms with Gasteiger partial charge < -0.3 is 20.9 Å². The van der Waals surface area contributed by atoms with Crippen LogP contribution in [-0.2, 0) is 6.54 Å². The normalized spacial score (nSPS) is 18.4. The molecule has 2 aromatic heterocycles. The summed E-state index contributed by atoms with van der Waals surface area (Å²) in [6.07, 6.45) is 4.11. The minimum Gasteiger partial charge on any atom is -0.359 e. The predicted molar refractivity (Wildman–Crippen MR) is 140 cm³/mol. The lowest BCUT2D eigenvalue weighted by atomic mass is 10.0. The first-order valence-corrected chi connectivity index (χ1v) is 12.3. The van der Waals surface area contributed by atoms with Gasteiger partial charge in [0.25, 0.3) is 5.91 Å².